The van der Waals surface area contributed by atoms with E-state index in [-0.39, 0.29) is 11.8 Å². The third-order valence-corrected chi connectivity index (χ3v) is 6.27. The molecule has 2 amide bonds. The van der Waals surface area contributed by atoms with E-state index in [0.29, 0.717) is 24.9 Å². The quantitative estimate of drug-likeness (QED) is 0.818. The third-order valence-electron chi connectivity index (χ3n) is 6.27. The van der Waals surface area contributed by atoms with Crippen LogP contribution in [0.4, 0.5) is 0 Å². The first kappa shape index (κ1) is 18.1. The number of piperidine rings is 2. The Hall–Kier alpha value is -2.30. The van der Waals surface area contributed by atoms with E-state index in [2.05, 4.69) is 11.8 Å². The summed E-state index contributed by atoms with van der Waals surface area (Å²) >= 11 is 0. The topological polar surface area (TPSA) is 45.6 Å². The van der Waals surface area contributed by atoms with Crippen LogP contribution >= 0.6 is 0 Å². The van der Waals surface area contributed by atoms with Crippen molar-refractivity contribution in [2.45, 2.75) is 32.6 Å². The van der Waals surface area contributed by atoms with Gasteiger partial charge in [0, 0.05) is 50.0 Å². The van der Waals surface area contributed by atoms with Crippen molar-refractivity contribution in [1.29, 1.82) is 0 Å². The summed E-state index contributed by atoms with van der Waals surface area (Å²) in [5.41, 5.74) is 1.80. The molecule has 5 heteroatoms. The summed E-state index contributed by atoms with van der Waals surface area (Å²) in [7, 11) is 1.95. The van der Waals surface area contributed by atoms with E-state index in [1.165, 1.54) is 6.42 Å². The zero-order valence-corrected chi connectivity index (χ0v) is 16.4. The number of nitrogens with zero attached hydrogens (tertiary/aromatic N) is 3. The fraction of sp³-hybridized carbons (Fsp3) is 0.545. The van der Waals surface area contributed by atoms with Crippen molar-refractivity contribution in [1.82, 2.24) is 14.4 Å². The van der Waals surface area contributed by atoms with E-state index in [0.717, 1.165) is 48.9 Å². The van der Waals surface area contributed by atoms with Crippen LogP contribution < -0.4 is 0 Å². The van der Waals surface area contributed by atoms with Crippen LogP contribution in [-0.2, 0) is 11.8 Å². The van der Waals surface area contributed by atoms with Gasteiger partial charge in [0.1, 0.15) is 5.69 Å². The van der Waals surface area contributed by atoms with Crippen LogP contribution in [0.3, 0.4) is 0 Å². The molecule has 2 aliphatic rings. The van der Waals surface area contributed by atoms with E-state index in [4.69, 9.17) is 0 Å². The number of carbonyl (C=O) groups excluding carboxylic acids is 2. The van der Waals surface area contributed by atoms with Gasteiger partial charge in [-0.2, -0.15) is 0 Å². The van der Waals surface area contributed by atoms with Crippen LogP contribution in [0.25, 0.3) is 10.9 Å². The highest BCUT2D eigenvalue weighted by atomic mass is 16.2. The molecule has 27 heavy (non-hydrogen) atoms. The molecule has 1 aromatic carbocycles. The number of fused-ring (bicyclic) bond motifs is 1. The zero-order chi connectivity index (χ0) is 19.0. The molecule has 4 rings (SSSR count). The van der Waals surface area contributed by atoms with E-state index in [1.54, 1.807) is 0 Å². The van der Waals surface area contributed by atoms with Gasteiger partial charge in [-0.1, -0.05) is 25.1 Å². The number of aromatic nitrogens is 1. The minimum Gasteiger partial charge on any atom is -0.342 e. The molecule has 2 aromatic rings. The largest absolute Gasteiger partial charge is 0.342 e. The molecule has 1 unspecified atom stereocenters. The highest BCUT2D eigenvalue weighted by Gasteiger charge is 2.32. The lowest BCUT2D eigenvalue weighted by molar-refractivity contribution is -0.138. The first-order valence-corrected chi connectivity index (χ1v) is 10.2. The van der Waals surface area contributed by atoms with E-state index < -0.39 is 0 Å². The van der Waals surface area contributed by atoms with Crippen molar-refractivity contribution in [3.8, 4) is 0 Å². The average Bonchev–Trinajstić information content (AvgIpc) is 3.04. The van der Waals surface area contributed by atoms with Crippen LogP contribution in [-0.4, -0.2) is 52.4 Å². The van der Waals surface area contributed by atoms with Crippen molar-refractivity contribution in [2.75, 3.05) is 26.2 Å². The zero-order valence-electron chi connectivity index (χ0n) is 16.4. The maximum atomic E-state index is 13.0. The standard InChI is InChI=1S/C22H29N3O2/c1-16-6-5-11-25(15-16)21(26)17-9-12-24(13-10-17)22(27)20-14-18-7-3-4-8-19(18)23(20)2/h3-4,7-8,14,16-17H,5-6,9-13,15H2,1-2H3. The fourth-order valence-electron chi connectivity index (χ4n) is 4.63. The van der Waals surface area contributed by atoms with Gasteiger partial charge >= 0.3 is 0 Å². The molecule has 1 aromatic heterocycles. The Morgan fingerprint density at radius 3 is 2.44 bits per heavy atom. The van der Waals surface area contributed by atoms with Gasteiger partial charge < -0.3 is 14.4 Å². The number of hydrogen-bond acceptors (Lipinski definition) is 2. The van der Waals surface area contributed by atoms with Crippen molar-refractivity contribution in [3.05, 3.63) is 36.0 Å². The second kappa shape index (κ2) is 7.37. The summed E-state index contributed by atoms with van der Waals surface area (Å²) < 4.78 is 1.98. The number of hydrogen-bond donors (Lipinski definition) is 0. The van der Waals surface area contributed by atoms with Crippen LogP contribution in [0.1, 0.15) is 43.1 Å². The predicted octanol–water partition coefficient (Wildman–Crippen LogP) is 3.29. The predicted molar refractivity (Wildman–Crippen MR) is 107 cm³/mol. The van der Waals surface area contributed by atoms with Gasteiger partial charge in [0.05, 0.1) is 0 Å². The molecule has 0 radical (unpaired) electrons. The fourth-order valence-corrected chi connectivity index (χ4v) is 4.63. The van der Waals surface area contributed by atoms with Crippen LogP contribution in [0.5, 0.6) is 0 Å². The Balaban J connectivity index is 1.40. The molecule has 3 heterocycles. The van der Waals surface area contributed by atoms with Crippen LogP contribution in [0.15, 0.2) is 30.3 Å². The van der Waals surface area contributed by atoms with E-state index in [9.17, 15) is 9.59 Å². The lowest BCUT2D eigenvalue weighted by atomic mass is 9.92. The molecular formula is C22H29N3O2. The summed E-state index contributed by atoms with van der Waals surface area (Å²) in [5.74, 6) is 1.06. The average molecular weight is 367 g/mol. The smallest absolute Gasteiger partial charge is 0.270 e. The van der Waals surface area contributed by atoms with Gasteiger partial charge in [-0.05, 0) is 43.7 Å². The minimum absolute atomic E-state index is 0.0752. The summed E-state index contributed by atoms with van der Waals surface area (Å²) in [5, 5.41) is 1.09. The summed E-state index contributed by atoms with van der Waals surface area (Å²) in [4.78, 5) is 29.8. The Labute approximate surface area is 160 Å². The van der Waals surface area contributed by atoms with Gasteiger partial charge in [0.2, 0.25) is 5.91 Å². The highest BCUT2D eigenvalue weighted by Crippen LogP contribution is 2.26. The SMILES string of the molecule is CC1CCCN(C(=O)C2CCN(C(=O)c3cc4ccccc4n3C)CC2)C1. The summed E-state index contributed by atoms with van der Waals surface area (Å²) in [6, 6.07) is 10.0. The maximum Gasteiger partial charge on any atom is 0.270 e. The first-order valence-electron chi connectivity index (χ1n) is 10.2. The molecule has 1 atom stereocenters. The molecule has 2 fully saturated rings. The molecule has 0 aliphatic carbocycles. The lowest BCUT2D eigenvalue weighted by Gasteiger charge is -2.37. The van der Waals surface area contributed by atoms with Gasteiger partial charge in [-0.15, -0.1) is 0 Å². The normalized spacial score (nSPS) is 21.6. The number of likely N-dealkylation sites (tertiary alicyclic amines) is 2. The molecule has 2 saturated heterocycles. The van der Waals surface area contributed by atoms with Crippen molar-refractivity contribution >= 4 is 22.7 Å². The summed E-state index contributed by atoms with van der Waals surface area (Å²) in [6.07, 6.45) is 3.89. The number of aryl methyl sites for hydroxylation is 1. The number of rotatable bonds is 2. The Kier molecular flexibility index (Phi) is 4.94. The van der Waals surface area contributed by atoms with Crippen LogP contribution in [0, 0.1) is 11.8 Å². The number of benzene rings is 1. The molecular weight excluding hydrogens is 338 g/mol. The lowest BCUT2D eigenvalue weighted by Crippen LogP contribution is -2.47. The van der Waals surface area contributed by atoms with E-state index in [1.807, 2.05) is 46.8 Å². The van der Waals surface area contributed by atoms with E-state index >= 15 is 0 Å². The Bertz CT molecular complexity index is 848. The molecule has 0 saturated carbocycles. The first-order chi connectivity index (χ1) is 13.0. The van der Waals surface area contributed by atoms with Gasteiger partial charge in [0.15, 0.2) is 0 Å². The molecule has 0 N–H and O–H groups in total. The number of para-hydroxylation sites is 1. The molecule has 0 spiro atoms. The second-order valence-electron chi connectivity index (χ2n) is 8.25. The van der Waals surface area contributed by atoms with Gasteiger partial charge in [-0.25, -0.2) is 0 Å². The van der Waals surface area contributed by atoms with Crippen molar-refractivity contribution in [2.24, 2.45) is 18.9 Å². The molecule has 5 nitrogen and oxygen atoms in total. The summed E-state index contributed by atoms with van der Waals surface area (Å²) in [6.45, 7) is 5.36. The van der Waals surface area contributed by atoms with Crippen LogP contribution in [0.2, 0.25) is 0 Å². The maximum absolute atomic E-state index is 13.0. The number of amides is 2. The molecule has 144 valence electrons. The Morgan fingerprint density at radius 1 is 1.00 bits per heavy atom. The molecule has 0 bridgehead atoms. The third kappa shape index (κ3) is 3.47. The Morgan fingerprint density at radius 2 is 1.74 bits per heavy atom. The number of carbonyl (C=O) groups is 2. The second-order valence-corrected chi connectivity index (χ2v) is 8.25. The van der Waals surface area contributed by atoms with Crippen molar-refractivity contribution < 1.29 is 9.59 Å². The monoisotopic (exact) mass is 367 g/mol. The molecule has 2 aliphatic heterocycles. The minimum atomic E-state index is 0.0752. The van der Waals surface area contributed by atoms with Gasteiger partial charge in [0.25, 0.3) is 5.91 Å². The highest BCUT2D eigenvalue weighted by molar-refractivity contribution is 5.98. The van der Waals surface area contributed by atoms with Gasteiger partial charge in [-0.3, -0.25) is 9.59 Å². The van der Waals surface area contributed by atoms with Crippen molar-refractivity contribution in [3.63, 3.8) is 0 Å².